The van der Waals surface area contributed by atoms with E-state index >= 15 is 0 Å². The minimum absolute atomic E-state index is 0.0809. The number of amides is 1. The lowest BCUT2D eigenvalue weighted by Gasteiger charge is -2.25. The van der Waals surface area contributed by atoms with Gasteiger partial charge in [0, 0.05) is 17.4 Å². The number of aromatic nitrogens is 1. The Kier molecular flexibility index (Phi) is 7.06. The lowest BCUT2D eigenvalue weighted by Crippen LogP contribution is -2.36. The molecule has 2 aromatic carbocycles. The molecule has 39 heavy (non-hydrogen) atoms. The van der Waals surface area contributed by atoms with Gasteiger partial charge in [-0.3, -0.25) is 9.78 Å². The number of pyridine rings is 1. The van der Waals surface area contributed by atoms with Crippen LogP contribution in [0, 0.1) is 0 Å². The van der Waals surface area contributed by atoms with Gasteiger partial charge in [0.15, 0.2) is 5.11 Å². The molecule has 1 fully saturated rings. The van der Waals surface area contributed by atoms with Crippen LogP contribution in [0.2, 0.25) is 0 Å². The van der Waals surface area contributed by atoms with Crippen LogP contribution >= 0.6 is 12.2 Å². The van der Waals surface area contributed by atoms with Crippen LogP contribution in [0.4, 0.5) is 5.69 Å². The highest BCUT2D eigenvalue weighted by atomic mass is 32.1. The van der Waals surface area contributed by atoms with Crippen LogP contribution in [-0.4, -0.2) is 49.6 Å². The maximum absolute atomic E-state index is 13.0. The molecule has 11 heteroatoms. The number of nitrogens with one attached hydrogen (secondary N) is 2. The van der Waals surface area contributed by atoms with Crippen molar-refractivity contribution in [3.63, 3.8) is 0 Å². The molecule has 4 aromatic rings. The molecule has 10 nitrogen and oxygen atoms in total. The average molecular weight is 543 g/mol. The van der Waals surface area contributed by atoms with Crippen LogP contribution < -0.4 is 10.6 Å². The number of aromatic carboxylic acids is 2. The summed E-state index contributed by atoms with van der Waals surface area (Å²) >= 11 is 5.60. The number of hydrogen-bond donors (Lipinski definition) is 4. The zero-order valence-corrected chi connectivity index (χ0v) is 21.1. The number of thiocarbonyl (C=S) groups is 1. The Morgan fingerprint density at radius 2 is 1.64 bits per heavy atom. The van der Waals surface area contributed by atoms with Crippen molar-refractivity contribution in [1.29, 1.82) is 0 Å². The third kappa shape index (κ3) is 5.48. The van der Waals surface area contributed by atoms with Crippen molar-refractivity contribution in [3.8, 4) is 11.3 Å². The van der Waals surface area contributed by atoms with Crippen LogP contribution in [0.3, 0.4) is 0 Å². The van der Waals surface area contributed by atoms with Gasteiger partial charge in [-0.05, 0) is 66.8 Å². The van der Waals surface area contributed by atoms with Crippen molar-refractivity contribution in [1.82, 2.24) is 15.2 Å². The van der Waals surface area contributed by atoms with Gasteiger partial charge in [0.1, 0.15) is 24.1 Å². The summed E-state index contributed by atoms with van der Waals surface area (Å²) in [4.78, 5) is 42.3. The highest BCUT2D eigenvalue weighted by Gasteiger charge is 2.42. The SMILES string of the molecule is O=C(CN1C(=S)N[C@H](c2ccccn2)[C@@H]1c1ccc(-c2cc(C(=O)O)cc(C(=O)O)c2)o1)Nc1ccccc1. The largest absolute Gasteiger partial charge is 0.478 e. The third-order valence-electron chi connectivity index (χ3n) is 6.20. The quantitative estimate of drug-likeness (QED) is 0.237. The first kappa shape index (κ1) is 25.6. The molecule has 0 radical (unpaired) electrons. The van der Waals surface area contributed by atoms with E-state index in [4.69, 9.17) is 16.6 Å². The van der Waals surface area contributed by atoms with E-state index in [0.29, 0.717) is 22.3 Å². The number of rotatable bonds is 8. The highest BCUT2D eigenvalue weighted by Crippen LogP contribution is 2.40. The molecule has 2 aromatic heterocycles. The molecule has 0 bridgehead atoms. The molecule has 5 rings (SSSR count). The van der Waals surface area contributed by atoms with Crippen molar-refractivity contribution in [2.24, 2.45) is 0 Å². The van der Waals surface area contributed by atoms with Gasteiger partial charge in [0.25, 0.3) is 0 Å². The number of nitrogens with zero attached hydrogens (tertiary/aromatic N) is 2. The van der Waals surface area contributed by atoms with E-state index < -0.39 is 24.0 Å². The standard InChI is InChI=1S/C28H22N4O6S/c33-23(30-19-6-2-1-3-7-19)15-32-25(24(31-28(32)39)20-8-4-5-11-29-20)22-10-9-21(38-22)16-12-17(26(34)35)14-18(13-16)27(36)37/h1-14,24-25H,15H2,(H,30,33)(H,31,39)(H,34,35)(H,36,37)/t24-,25+/m1/s1. The Morgan fingerprint density at radius 3 is 2.28 bits per heavy atom. The number of para-hydroxylation sites is 1. The van der Waals surface area contributed by atoms with E-state index in [0.717, 1.165) is 6.07 Å². The molecule has 196 valence electrons. The zero-order chi connectivity index (χ0) is 27.5. The molecule has 1 aliphatic heterocycles. The second-order valence-electron chi connectivity index (χ2n) is 8.78. The molecule has 4 N–H and O–H groups in total. The predicted octanol–water partition coefficient (Wildman–Crippen LogP) is 4.35. The minimum atomic E-state index is -1.26. The van der Waals surface area contributed by atoms with Crippen LogP contribution in [0.5, 0.6) is 0 Å². The maximum atomic E-state index is 13.0. The second kappa shape index (κ2) is 10.8. The van der Waals surface area contributed by atoms with Gasteiger partial charge in [-0.1, -0.05) is 24.3 Å². The summed E-state index contributed by atoms with van der Waals surface area (Å²) in [5, 5.41) is 25.3. The molecule has 0 unspecified atom stereocenters. The Morgan fingerprint density at radius 1 is 0.949 bits per heavy atom. The van der Waals surface area contributed by atoms with Crippen LogP contribution in [0.15, 0.2) is 89.5 Å². The molecular formula is C28H22N4O6S. The number of anilines is 1. The molecule has 1 amide bonds. The molecular weight excluding hydrogens is 520 g/mol. The van der Waals surface area contributed by atoms with Gasteiger partial charge >= 0.3 is 11.9 Å². The Bertz CT molecular complexity index is 1520. The number of carbonyl (C=O) groups is 3. The van der Waals surface area contributed by atoms with E-state index in [2.05, 4.69) is 15.6 Å². The van der Waals surface area contributed by atoms with E-state index in [1.807, 2.05) is 30.3 Å². The smallest absolute Gasteiger partial charge is 0.335 e. The van der Waals surface area contributed by atoms with Crippen molar-refractivity contribution in [2.45, 2.75) is 12.1 Å². The predicted molar refractivity (Wildman–Crippen MR) is 145 cm³/mol. The van der Waals surface area contributed by atoms with Gasteiger partial charge in [-0.2, -0.15) is 0 Å². The fraction of sp³-hybridized carbons (Fsp3) is 0.107. The van der Waals surface area contributed by atoms with E-state index in [1.165, 1.54) is 12.1 Å². The Hall–Kier alpha value is -5.03. The molecule has 0 aliphatic carbocycles. The summed E-state index contributed by atoms with van der Waals surface area (Å²) in [5.74, 6) is -2.12. The van der Waals surface area contributed by atoms with E-state index in [9.17, 15) is 24.6 Å². The molecule has 0 spiro atoms. The minimum Gasteiger partial charge on any atom is -0.478 e. The van der Waals surface area contributed by atoms with Gasteiger partial charge < -0.3 is 30.2 Å². The van der Waals surface area contributed by atoms with Gasteiger partial charge in [0.2, 0.25) is 5.91 Å². The molecule has 1 aliphatic rings. The summed E-state index contributed by atoms with van der Waals surface area (Å²) < 4.78 is 6.17. The molecule has 3 heterocycles. The van der Waals surface area contributed by atoms with Crippen LogP contribution in [0.1, 0.15) is 44.3 Å². The van der Waals surface area contributed by atoms with Crippen molar-refractivity contribution < 1.29 is 29.0 Å². The summed E-state index contributed by atoms with van der Waals surface area (Å²) in [6.07, 6.45) is 1.65. The molecule has 0 saturated carbocycles. The lowest BCUT2D eigenvalue weighted by molar-refractivity contribution is -0.116. The van der Waals surface area contributed by atoms with Crippen molar-refractivity contribution in [3.05, 3.63) is 108 Å². The fourth-order valence-electron chi connectivity index (χ4n) is 4.45. The van der Waals surface area contributed by atoms with Crippen LogP contribution in [-0.2, 0) is 4.79 Å². The topological polar surface area (TPSA) is 145 Å². The first-order chi connectivity index (χ1) is 18.8. The zero-order valence-electron chi connectivity index (χ0n) is 20.3. The number of hydrogen-bond acceptors (Lipinski definition) is 6. The highest BCUT2D eigenvalue weighted by molar-refractivity contribution is 7.80. The van der Waals surface area contributed by atoms with Gasteiger partial charge in [-0.25, -0.2) is 9.59 Å². The first-order valence-corrected chi connectivity index (χ1v) is 12.3. The number of carboxylic acid groups (broad SMARTS) is 2. The second-order valence-corrected chi connectivity index (χ2v) is 9.17. The lowest BCUT2D eigenvalue weighted by atomic mass is 10.0. The fourth-order valence-corrected chi connectivity index (χ4v) is 4.75. The number of carbonyl (C=O) groups excluding carboxylic acids is 1. The average Bonchev–Trinajstić information content (AvgIpc) is 3.54. The molecule has 1 saturated heterocycles. The number of carboxylic acids is 2. The van der Waals surface area contributed by atoms with E-state index in [-0.39, 0.29) is 34.9 Å². The Labute approximate surface area is 227 Å². The van der Waals surface area contributed by atoms with Crippen LogP contribution in [0.25, 0.3) is 11.3 Å². The first-order valence-electron chi connectivity index (χ1n) is 11.8. The monoisotopic (exact) mass is 542 g/mol. The van der Waals surface area contributed by atoms with Gasteiger partial charge in [-0.15, -0.1) is 0 Å². The summed E-state index contributed by atoms with van der Waals surface area (Å²) in [7, 11) is 0. The third-order valence-corrected chi connectivity index (χ3v) is 6.55. The maximum Gasteiger partial charge on any atom is 0.335 e. The Balaban J connectivity index is 1.50. The summed E-state index contributed by atoms with van der Waals surface area (Å²) in [5.41, 5.74) is 1.24. The number of furan rings is 1. The summed E-state index contributed by atoms with van der Waals surface area (Å²) in [6.45, 7) is -0.0809. The van der Waals surface area contributed by atoms with Gasteiger partial charge in [0.05, 0.1) is 22.9 Å². The molecule has 2 atom stereocenters. The van der Waals surface area contributed by atoms with Crippen molar-refractivity contribution in [2.75, 3.05) is 11.9 Å². The number of benzene rings is 2. The van der Waals surface area contributed by atoms with E-state index in [1.54, 1.807) is 41.4 Å². The summed E-state index contributed by atoms with van der Waals surface area (Å²) in [6, 6.07) is 20.6. The normalized spacial score (nSPS) is 16.5. The van der Waals surface area contributed by atoms with Crippen molar-refractivity contribution >= 4 is 40.9 Å².